The van der Waals surface area contributed by atoms with E-state index in [0.29, 0.717) is 12.0 Å². The first-order valence-corrected chi connectivity index (χ1v) is 6.70. The molecule has 16 heavy (non-hydrogen) atoms. The van der Waals surface area contributed by atoms with Gasteiger partial charge in [0, 0.05) is 12.2 Å². The van der Waals surface area contributed by atoms with Gasteiger partial charge in [-0.3, -0.25) is 0 Å². The van der Waals surface area contributed by atoms with Crippen molar-refractivity contribution in [1.29, 1.82) is 0 Å². The van der Waals surface area contributed by atoms with E-state index in [1.165, 1.54) is 19.3 Å². The third kappa shape index (κ3) is 2.54. The normalized spacial score (nSPS) is 30.1. The summed E-state index contributed by atoms with van der Waals surface area (Å²) >= 11 is 3.47. The number of rotatable bonds is 2. The van der Waals surface area contributed by atoms with Crippen LogP contribution in [0.15, 0.2) is 17.0 Å². The van der Waals surface area contributed by atoms with E-state index in [1.807, 2.05) is 0 Å². The Morgan fingerprint density at radius 3 is 2.94 bits per heavy atom. The smallest absolute Gasteiger partial charge is 0.143 e. The third-order valence-corrected chi connectivity index (χ3v) is 4.28. The Balaban J connectivity index is 2.06. The van der Waals surface area contributed by atoms with Crippen molar-refractivity contribution in [2.75, 3.05) is 5.32 Å². The third-order valence-electron chi connectivity index (χ3n) is 3.70. The van der Waals surface area contributed by atoms with Crippen molar-refractivity contribution in [3.63, 3.8) is 0 Å². The average molecular weight is 284 g/mol. The summed E-state index contributed by atoms with van der Waals surface area (Å²) in [6.07, 6.45) is 7.27. The van der Waals surface area contributed by atoms with Crippen molar-refractivity contribution in [3.8, 4) is 0 Å². The Morgan fingerprint density at radius 1 is 1.38 bits per heavy atom. The van der Waals surface area contributed by atoms with Gasteiger partial charge in [0.05, 0.1) is 4.47 Å². The lowest BCUT2D eigenvalue weighted by Gasteiger charge is -2.35. The van der Waals surface area contributed by atoms with E-state index in [9.17, 15) is 0 Å². The van der Waals surface area contributed by atoms with Gasteiger partial charge in [0.1, 0.15) is 12.1 Å². The van der Waals surface area contributed by atoms with Gasteiger partial charge in [0.25, 0.3) is 0 Å². The molecule has 1 fully saturated rings. The highest BCUT2D eigenvalue weighted by molar-refractivity contribution is 9.10. The number of hydrogen-bond donors (Lipinski definition) is 1. The molecule has 0 spiro atoms. The fourth-order valence-electron chi connectivity index (χ4n) is 2.38. The van der Waals surface area contributed by atoms with Crippen LogP contribution in [-0.4, -0.2) is 16.0 Å². The molecular weight excluding hydrogens is 266 g/mol. The number of nitrogens with zero attached hydrogens (tertiary/aromatic N) is 2. The lowest BCUT2D eigenvalue weighted by atomic mass is 9.78. The molecule has 0 radical (unpaired) electrons. The van der Waals surface area contributed by atoms with Gasteiger partial charge in [0.2, 0.25) is 0 Å². The van der Waals surface area contributed by atoms with E-state index < -0.39 is 0 Å². The van der Waals surface area contributed by atoms with Crippen LogP contribution >= 0.6 is 15.9 Å². The fourth-order valence-corrected chi connectivity index (χ4v) is 2.72. The van der Waals surface area contributed by atoms with Crippen LogP contribution in [-0.2, 0) is 0 Å². The molecule has 3 unspecified atom stereocenters. The molecule has 3 atom stereocenters. The van der Waals surface area contributed by atoms with E-state index in [2.05, 4.69) is 45.1 Å². The molecule has 1 aromatic heterocycles. The van der Waals surface area contributed by atoms with E-state index in [-0.39, 0.29) is 0 Å². The number of aromatic nitrogens is 2. The predicted molar refractivity (Wildman–Crippen MR) is 69.3 cm³/mol. The minimum absolute atomic E-state index is 0.537. The van der Waals surface area contributed by atoms with Crippen LogP contribution < -0.4 is 5.32 Å². The van der Waals surface area contributed by atoms with Crippen molar-refractivity contribution < 1.29 is 0 Å². The summed E-state index contributed by atoms with van der Waals surface area (Å²) in [5.74, 6) is 2.42. The maximum absolute atomic E-state index is 4.26. The second kappa shape index (κ2) is 5.13. The fraction of sp³-hybridized carbons (Fsp3) is 0.667. The van der Waals surface area contributed by atoms with Gasteiger partial charge in [-0.1, -0.05) is 26.7 Å². The second-order valence-corrected chi connectivity index (χ2v) is 5.59. The predicted octanol–water partition coefficient (Wildman–Crippen LogP) is 3.48. The molecule has 1 N–H and O–H groups in total. The topological polar surface area (TPSA) is 37.8 Å². The number of hydrogen-bond acceptors (Lipinski definition) is 3. The summed E-state index contributed by atoms with van der Waals surface area (Å²) in [5, 5.41) is 3.53. The van der Waals surface area contributed by atoms with Crippen LogP contribution in [0.25, 0.3) is 0 Å². The molecule has 88 valence electrons. The molecule has 0 aliphatic heterocycles. The zero-order chi connectivity index (χ0) is 11.5. The lowest BCUT2D eigenvalue weighted by Crippen LogP contribution is -2.35. The number of anilines is 1. The van der Waals surface area contributed by atoms with E-state index >= 15 is 0 Å². The minimum atomic E-state index is 0.537. The molecule has 0 aromatic carbocycles. The molecule has 0 saturated heterocycles. The number of nitrogens with one attached hydrogen (secondary N) is 1. The van der Waals surface area contributed by atoms with Crippen molar-refractivity contribution in [1.82, 2.24) is 9.97 Å². The Labute approximate surface area is 105 Å². The highest BCUT2D eigenvalue weighted by Gasteiger charge is 2.27. The summed E-state index contributed by atoms with van der Waals surface area (Å²) in [6, 6.07) is 0.537. The van der Waals surface area contributed by atoms with Gasteiger partial charge in [0.15, 0.2) is 0 Å². The first-order chi connectivity index (χ1) is 7.68. The highest BCUT2D eigenvalue weighted by atomic mass is 79.9. The van der Waals surface area contributed by atoms with Crippen LogP contribution in [0.2, 0.25) is 0 Å². The molecule has 1 aliphatic rings. The zero-order valence-corrected chi connectivity index (χ0v) is 11.4. The van der Waals surface area contributed by atoms with Crippen LogP contribution in [0.3, 0.4) is 0 Å². The Bertz CT molecular complexity index is 356. The molecule has 4 heteroatoms. The quantitative estimate of drug-likeness (QED) is 0.903. The largest absolute Gasteiger partial charge is 0.366 e. The number of halogens is 1. The average Bonchev–Trinajstić information content (AvgIpc) is 2.28. The molecule has 0 bridgehead atoms. The SMILES string of the molecule is CC1CCCC(Nc2ncncc2Br)C1C. The lowest BCUT2D eigenvalue weighted by molar-refractivity contribution is 0.253. The van der Waals surface area contributed by atoms with Crippen molar-refractivity contribution in [2.24, 2.45) is 11.8 Å². The standard InChI is InChI=1S/C12H18BrN3/c1-8-4-3-5-11(9(8)2)16-12-10(13)6-14-7-15-12/h6-9,11H,3-5H2,1-2H3,(H,14,15,16). The van der Waals surface area contributed by atoms with Crippen LogP contribution in [0.1, 0.15) is 33.1 Å². The van der Waals surface area contributed by atoms with E-state index in [0.717, 1.165) is 16.2 Å². The summed E-state index contributed by atoms with van der Waals surface area (Å²) in [6.45, 7) is 4.67. The van der Waals surface area contributed by atoms with E-state index in [4.69, 9.17) is 0 Å². The van der Waals surface area contributed by atoms with Crippen molar-refractivity contribution >= 4 is 21.7 Å². The molecule has 1 aromatic rings. The first-order valence-electron chi connectivity index (χ1n) is 5.90. The molecule has 1 aliphatic carbocycles. The van der Waals surface area contributed by atoms with Crippen LogP contribution in [0, 0.1) is 11.8 Å². The molecule has 2 rings (SSSR count). The molecule has 3 nitrogen and oxygen atoms in total. The Hall–Kier alpha value is -0.640. The monoisotopic (exact) mass is 283 g/mol. The van der Waals surface area contributed by atoms with Gasteiger partial charge in [-0.15, -0.1) is 0 Å². The van der Waals surface area contributed by atoms with Gasteiger partial charge in [-0.2, -0.15) is 0 Å². The maximum atomic E-state index is 4.26. The van der Waals surface area contributed by atoms with Crippen LogP contribution in [0.4, 0.5) is 5.82 Å². The van der Waals surface area contributed by atoms with Crippen LogP contribution in [0.5, 0.6) is 0 Å². The minimum Gasteiger partial charge on any atom is -0.366 e. The molecule has 1 heterocycles. The summed E-state index contributed by atoms with van der Waals surface area (Å²) in [7, 11) is 0. The van der Waals surface area contributed by atoms with Crippen molar-refractivity contribution in [2.45, 2.75) is 39.2 Å². The highest BCUT2D eigenvalue weighted by Crippen LogP contribution is 2.32. The summed E-state index contributed by atoms with van der Waals surface area (Å²) < 4.78 is 0.945. The van der Waals surface area contributed by atoms with Crippen molar-refractivity contribution in [3.05, 3.63) is 17.0 Å². The summed E-state index contributed by atoms with van der Waals surface area (Å²) in [5.41, 5.74) is 0. The maximum Gasteiger partial charge on any atom is 0.143 e. The van der Waals surface area contributed by atoms with Gasteiger partial charge in [-0.25, -0.2) is 9.97 Å². The Kier molecular flexibility index (Phi) is 3.79. The van der Waals surface area contributed by atoms with Gasteiger partial charge < -0.3 is 5.32 Å². The summed E-state index contributed by atoms with van der Waals surface area (Å²) in [4.78, 5) is 8.24. The molecular formula is C12H18BrN3. The Morgan fingerprint density at radius 2 is 2.19 bits per heavy atom. The van der Waals surface area contributed by atoms with Gasteiger partial charge in [-0.05, 0) is 34.2 Å². The molecule has 1 saturated carbocycles. The second-order valence-electron chi connectivity index (χ2n) is 4.74. The molecule has 0 amide bonds. The van der Waals surface area contributed by atoms with Gasteiger partial charge >= 0.3 is 0 Å². The first kappa shape index (κ1) is 11.8. The van der Waals surface area contributed by atoms with E-state index in [1.54, 1.807) is 12.5 Å². The zero-order valence-electron chi connectivity index (χ0n) is 9.78.